The molecule has 0 radical (unpaired) electrons. The van der Waals surface area contributed by atoms with Gasteiger partial charge in [0.05, 0.1) is 18.2 Å². The summed E-state index contributed by atoms with van der Waals surface area (Å²) in [5.41, 5.74) is 0.543. The number of rotatable bonds is 4. The minimum Gasteiger partial charge on any atom is -0.462 e. The first-order chi connectivity index (χ1) is 7.56. The van der Waals surface area contributed by atoms with Crippen molar-refractivity contribution in [3.05, 3.63) is 24.0 Å². The molecule has 0 aliphatic carbocycles. The highest BCUT2D eigenvalue weighted by Gasteiger charge is 2.30. The van der Waals surface area contributed by atoms with Gasteiger partial charge in [-0.15, -0.1) is 5.06 Å². The normalized spacial score (nSPS) is 21.3. The lowest BCUT2D eigenvalue weighted by molar-refractivity contribution is -0.139. The quantitative estimate of drug-likeness (QED) is 0.541. The number of hydroxylamine groups is 2. The van der Waals surface area contributed by atoms with Crippen molar-refractivity contribution in [2.45, 2.75) is 26.8 Å². The number of likely N-dealkylation sites (N-methyl/N-ethyl adjacent to an activating group) is 1. The van der Waals surface area contributed by atoms with E-state index < -0.39 is 0 Å². The lowest BCUT2D eigenvalue weighted by atomic mass is 10.1. The Morgan fingerprint density at radius 1 is 1.69 bits per heavy atom. The van der Waals surface area contributed by atoms with Crippen molar-refractivity contribution < 1.29 is 14.4 Å². The smallest absolute Gasteiger partial charge is 0.339 e. The third-order valence-corrected chi connectivity index (χ3v) is 2.25. The van der Waals surface area contributed by atoms with Crippen molar-refractivity contribution in [3.63, 3.8) is 0 Å². The molecular formula is C12H19NO3. The number of hydrogen-bond acceptors (Lipinski definition) is 4. The molecule has 1 unspecified atom stereocenters. The van der Waals surface area contributed by atoms with E-state index in [-0.39, 0.29) is 12.0 Å². The average Bonchev–Trinajstić information content (AvgIpc) is 2.57. The van der Waals surface area contributed by atoms with Gasteiger partial charge in [0, 0.05) is 7.05 Å². The van der Waals surface area contributed by atoms with E-state index in [1.54, 1.807) is 19.0 Å². The molecule has 0 aromatic carbocycles. The number of nitrogens with zero attached hydrogens (tertiary/aromatic N) is 1. The number of esters is 1. The number of hydrogen-bond donors (Lipinski definition) is 0. The SMILES string of the molecule is CCOC(=O)C1=CON(C)C1/C=C/C(C)C. The van der Waals surface area contributed by atoms with Gasteiger partial charge in [-0.25, -0.2) is 4.79 Å². The van der Waals surface area contributed by atoms with Crippen molar-refractivity contribution in [3.8, 4) is 0 Å². The predicted octanol–water partition coefficient (Wildman–Crippen LogP) is 1.89. The van der Waals surface area contributed by atoms with Gasteiger partial charge in [-0.1, -0.05) is 26.0 Å². The van der Waals surface area contributed by atoms with Crippen molar-refractivity contribution in [1.82, 2.24) is 5.06 Å². The first-order valence-electron chi connectivity index (χ1n) is 5.51. The van der Waals surface area contributed by atoms with Crippen LogP contribution in [-0.4, -0.2) is 30.7 Å². The van der Waals surface area contributed by atoms with E-state index in [1.807, 2.05) is 12.2 Å². The van der Waals surface area contributed by atoms with E-state index in [4.69, 9.17) is 9.57 Å². The van der Waals surface area contributed by atoms with Gasteiger partial charge in [0.2, 0.25) is 0 Å². The average molecular weight is 225 g/mol. The van der Waals surface area contributed by atoms with E-state index in [0.29, 0.717) is 18.1 Å². The molecule has 0 N–H and O–H groups in total. The molecule has 1 atom stereocenters. The van der Waals surface area contributed by atoms with Gasteiger partial charge >= 0.3 is 5.97 Å². The number of allylic oxidation sites excluding steroid dienone is 1. The zero-order valence-corrected chi connectivity index (χ0v) is 10.3. The van der Waals surface area contributed by atoms with Crippen molar-refractivity contribution >= 4 is 5.97 Å². The number of carbonyl (C=O) groups excluding carboxylic acids is 1. The van der Waals surface area contributed by atoms with Crippen LogP contribution < -0.4 is 0 Å². The Morgan fingerprint density at radius 2 is 2.38 bits per heavy atom. The van der Waals surface area contributed by atoms with Crippen molar-refractivity contribution in [1.29, 1.82) is 0 Å². The Labute approximate surface area is 96.5 Å². The molecule has 0 fully saturated rings. The molecule has 1 heterocycles. The Morgan fingerprint density at radius 3 is 2.94 bits per heavy atom. The highest BCUT2D eigenvalue weighted by atomic mass is 16.7. The largest absolute Gasteiger partial charge is 0.462 e. The summed E-state index contributed by atoms with van der Waals surface area (Å²) < 4.78 is 4.96. The van der Waals surface area contributed by atoms with Crippen LogP contribution in [0.4, 0.5) is 0 Å². The summed E-state index contributed by atoms with van der Waals surface area (Å²) >= 11 is 0. The van der Waals surface area contributed by atoms with Crippen LogP contribution in [0.5, 0.6) is 0 Å². The second kappa shape index (κ2) is 5.70. The fraction of sp³-hybridized carbons (Fsp3) is 0.583. The maximum absolute atomic E-state index is 11.6. The summed E-state index contributed by atoms with van der Waals surface area (Å²) in [5, 5.41) is 1.63. The molecule has 1 aliphatic heterocycles. The molecule has 4 nitrogen and oxygen atoms in total. The molecule has 1 rings (SSSR count). The Hall–Kier alpha value is -1.29. The Bertz CT molecular complexity index is 307. The fourth-order valence-electron chi connectivity index (χ4n) is 1.41. The van der Waals surface area contributed by atoms with Crippen LogP contribution in [0, 0.1) is 5.92 Å². The molecule has 0 saturated heterocycles. The van der Waals surface area contributed by atoms with Gasteiger partial charge in [0.15, 0.2) is 0 Å². The molecule has 0 saturated carbocycles. The molecule has 0 bridgehead atoms. The van der Waals surface area contributed by atoms with E-state index in [0.717, 1.165) is 0 Å². The van der Waals surface area contributed by atoms with Crippen LogP contribution in [0.1, 0.15) is 20.8 Å². The van der Waals surface area contributed by atoms with Gasteiger partial charge in [0.25, 0.3) is 0 Å². The van der Waals surface area contributed by atoms with Crippen LogP contribution in [0.15, 0.2) is 24.0 Å². The van der Waals surface area contributed by atoms with E-state index >= 15 is 0 Å². The number of ether oxygens (including phenoxy) is 1. The topological polar surface area (TPSA) is 38.8 Å². The maximum Gasteiger partial charge on any atom is 0.339 e. The Balaban J connectivity index is 2.72. The van der Waals surface area contributed by atoms with Crippen LogP contribution in [0.25, 0.3) is 0 Å². The first-order valence-corrected chi connectivity index (χ1v) is 5.51. The van der Waals surface area contributed by atoms with Crippen molar-refractivity contribution in [2.75, 3.05) is 13.7 Å². The minimum absolute atomic E-state index is 0.151. The standard InChI is InChI=1S/C12H19NO3/c1-5-15-12(14)10-8-16-13(4)11(10)7-6-9(2)3/h6-9,11H,5H2,1-4H3/b7-6+. The third-order valence-electron chi connectivity index (χ3n) is 2.25. The first kappa shape index (κ1) is 12.8. The summed E-state index contributed by atoms with van der Waals surface area (Å²) in [7, 11) is 1.79. The minimum atomic E-state index is -0.315. The van der Waals surface area contributed by atoms with Gasteiger partial charge < -0.3 is 9.57 Å². The van der Waals surface area contributed by atoms with Crippen LogP contribution in [-0.2, 0) is 14.4 Å². The summed E-state index contributed by atoms with van der Waals surface area (Å²) in [6, 6.07) is -0.151. The van der Waals surface area contributed by atoms with Crippen LogP contribution in [0.3, 0.4) is 0 Å². The molecule has 0 aromatic rings. The zero-order valence-electron chi connectivity index (χ0n) is 10.3. The summed E-state index contributed by atoms with van der Waals surface area (Å²) in [4.78, 5) is 16.8. The molecule has 0 amide bonds. The lowest BCUT2D eigenvalue weighted by Gasteiger charge is -2.16. The predicted molar refractivity (Wildman–Crippen MR) is 61.3 cm³/mol. The maximum atomic E-state index is 11.6. The molecule has 0 spiro atoms. The van der Waals surface area contributed by atoms with Crippen LogP contribution in [0.2, 0.25) is 0 Å². The second-order valence-electron chi connectivity index (χ2n) is 4.02. The highest BCUT2D eigenvalue weighted by molar-refractivity contribution is 5.90. The van der Waals surface area contributed by atoms with Crippen molar-refractivity contribution in [2.24, 2.45) is 5.92 Å². The monoisotopic (exact) mass is 225 g/mol. The molecule has 0 aromatic heterocycles. The zero-order chi connectivity index (χ0) is 12.1. The van der Waals surface area contributed by atoms with Gasteiger partial charge in [0.1, 0.15) is 6.26 Å². The van der Waals surface area contributed by atoms with Gasteiger partial charge in [-0.3, -0.25) is 0 Å². The molecule has 90 valence electrons. The van der Waals surface area contributed by atoms with E-state index in [9.17, 15) is 4.79 Å². The van der Waals surface area contributed by atoms with E-state index in [2.05, 4.69) is 13.8 Å². The molecule has 16 heavy (non-hydrogen) atoms. The molecular weight excluding hydrogens is 206 g/mol. The summed E-state index contributed by atoms with van der Waals surface area (Å²) in [6.07, 6.45) is 5.46. The summed E-state index contributed by atoms with van der Waals surface area (Å²) in [5.74, 6) is 0.128. The number of carbonyl (C=O) groups is 1. The van der Waals surface area contributed by atoms with E-state index in [1.165, 1.54) is 6.26 Å². The Kier molecular flexibility index (Phi) is 4.55. The van der Waals surface area contributed by atoms with Crippen LogP contribution >= 0.6 is 0 Å². The fourth-order valence-corrected chi connectivity index (χ4v) is 1.41. The molecule has 4 heteroatoms. The summed E-state index contributed by atoms with van der Waals surface area (Å²) in [6.45, 7) is 6.33. The highest BCUT2D eigenvalue weighted by Crippen LogP contribution is 2.21. The second-order valence-corrected chi connectivity index (χ2v) is 4.02. The third kappa shape index (κ3) is 3.10. The molecule has 1 aliphatic rings. The van der Waals surface area contributed by atoms with Gasteiger partial charge in [-0.2, -0.15) is 0 Å². The lowest BCUT2D eigenvalue weighted by Crippen LogP contribution is -2.28. The van der Waals surface area contributed by atoms with Gasteiger partial charge in [-0.05, 0) is 12.8 Å².